The fourth-order valence-electron chi connectivity index (χ4n) is 3.60. The molecule has 0 saturated carbocycles. The number of hydrogen-bond acceptors (Lipinski definition) is 5. The van der Waals surface area contributed by atoms with E-state index in [-0.39, 0.29) is 17.4 Å². The van der Waals surface area contributed by atoms with Gasteiger partial charge >= 0.3 is 179 Å². The summed E-state index contributed by atoms with van der Waals surface area (Å²) in [5.41, 5.74) is 2.01. The van der Waals surface area contributed by atoms with Crippen molar-refractivity contribution in [1.29, 1.82) is 0 Å². The summed E-state index contributed by atoms with van der Waals surface area (Å²) in [5.74, 6) is 0.901. The van der Waals surface area contributed by atoms with E-state index < -0.39 is 0 Å². The Kier molecular flexibility index (Phi) is 4.78. The molecular formula is C23H17N3O3SSe. The van der Waals surface area contributed by atoms with Crippen LogP contribution in [0.5, 0.6) is 11.5 Å². The van der Waals surface area contributed by atoms with Crippen LogP contribution in [-0.4, -0.2) is 56.0 Å². The third kappa shape index (κ3) is 3.20. The van der Waals surface area contributed by atoms with Crippen molar-refractivity contribution in [2.45, 2.75) is 0 Å². The molecule has 5 rings (SSSR count). The van der Waals surface area contributed by atoms with Crippen LogP contribution in [0.4, 0.5) is 16.4 Å². The van der Waals surface area contributed by atoms with Crippen molar-refractivity contribution in [3.05, 3.63) is 71.1 Å². The number of anilines is 3. The van der Waals surface area contributed by atoms with E-state index in [1.54, 1.807) is 20.2 Å². The first-order chi connectivity index (χ1) is 15.0. The zero-order valence-electron chi connectivity index (χ0n) is 16.7. The summed E-state index contributed by atoms with van der Waals surface area (Å²) < 4.78 is 6.55. The van der Waals surface area contributed by atoms with Gasteiger partial charge in [0.2, 0.25) is 0 Å². The fourth-order valence-corrected chi connectivity index (χ4v) is 4.93. The predicted molar refractivity (Wildman–Crippen MR) is 123 cm³/mol. The van der Waals surface area contributed by atoms with Crippen LogP contribution in [0.25, 0.3) is 6.08 Å². The molecule has 3 heterocycles. The van der Waals surface area contributed by atoms with Crippen molar-refractivity contribution >= 4 is 65.8 Å². The van der Waals surface area contributed by atoms with Crippen molar-refractivity contribution in [2.75, 3.05) is 19.0 Å². The van der Waals surface area contributed by atoms with Crippen LogP contribution in [0.3, 0.4) is 0 Å². The summed E-state index contributed by atoms with van der Waals surface area (Å²) in [6.45, 7) is 0. The van der Waals surface area contributed by atoms with E-state index in [0.29, 0.717) is 4.67 Å². The van der Waals surface area contributed by atoms with E-state index >= 15 is 0 Å². The Bertz CT molecular complexity index is 1210. The van der Waals surface area contributed by atoms with Crippen molar-refractivity contribution in [1.82, 2.24) is 9.80 Å². The number of amides is 2. The molecule has 0 atom stereocenters. The first kappa shape index (κ1) is 19.8. The number of hydrogen-bond donors (Lipinski definition) is 0. The first-order valence-corrected chi connectivity index (χ1v) is 11.2. The van der Waals surface area contributed by atoms with Crippen molar-refractivity contribution in [3.63, 3.8) is 0 Å². The zero-order chi connectivity index (χ0) is 21.7. The molecule has 0 unspecified atom stereocenters. The van der Waals surface area contributed by atoms with Gasteiger partial charge in [-0.25, -0.2) is 0 Å². The topological polar surface area (TPSA) is 53.1 Å². The summed E-state index contributed by atoms with van der Waals surface area (Å²) in [4.78, 5) is 31.2. The molecule has 1 saturated heterocycles. The Hall–Kier alpha value is -3.19. The SMILES string of the molecule is CN1C(=O)C(=Cc2ccc(N3c4ccccc4Oc4ccccc43)s2)C(=O)N(C)C1=[Se]. The van der Waals surface area contributed by atoms with Gasteiger partial charge in [0.15, 0.2) is 0 Å². The molecule has 0 bridgehead atoms. The van der Waals surface area contributed by atoms with Crippen LogP contribution in [-0.2, 0) is 9.59 Å². The number of benzene rings is 2. The van der Waals surface area contributed by atoms with Crippen LogP contribution >= 0.6 is 11.3 Å². The third-order valence-electron chi connectivity index (χ3n) is 5.20. The molecule has 0 radical (unpaired) electrons. The maximum atomic E-state index is 12.7. The van der Waals surface area contributed by atoms with E-state index in [1.165, 1.54) is 21.1 Å². The zero-order valence-corrected chi connectivity index (χ0v) is 19.3. The molecule has 2 aliphatic heterocycles. The fraction of sp³-hybridized carbons (Fsp3) is 0.0870. The minimum atomic E-state index is -0.325. The number of ether oxygens (including phenoxy) is 1. The second kappa shape index (κ2) is 7.50. The Labute approximate surface area is 191 Å². The molecular weight excluding hydrogens is 477 g/mol. The molecule has 2 amide bonds. The number of fused-ring (bicyclic) bond motifs is 2. The Morgan fingerprint density at radius 1 is 0.839 bits per heavy atom. The standard InChI is InChI=1S/C23H17N3O3SSe/c1-24-21(27)15(22(28)25(2)23(24)31)13-14-11-12-20(30-14)26-16-7-3-5-9-18(16)29-19-10-6-4-8-17(19)26/h3-13H,1-2H3. The number of nitrogens with zero attached hydrogens (tertiary/aromatic N) is 3. The van der Waals surface area contributed by atoms with Gasteiger partial charge in [-0.2, -0.15) is 0 Å². The van der Waals surface area contributed by atoms with Crippen LogP contribution in [0, 0.1) is 0 Å². The molecule has 1 aromatic heterocycles. The Balaban J connectivity index is 1.57. The average Bonchev–Trinajstić information content (AvgIpc) is 3.25. The number of para-hydroxylation sites is 4. The van der Waals surface area contributed by atoms with Gasteiger partial charge in [0, 0.05) is 0 Å². The van der Waals surface area contributed by atoms with Gasteiger partial charge in [-0.3, -0.25) is 0 Å². The summed E-state index contributed by atoms with van der Waals surface area (Å²) in [6.07, 6.45) is 1.66. The van der Waals surface area contributed by atoms with Gasteiger partial charge in [0.25, 0.3) is 0 Å². The van der Waals surface area contributed by atoms with Gasteiger partial charge in [0.1, 0.15) is 0 Å². The monoisotopic (exact) mass is 495 g/mol. The van der Waals surface area contributed by atoms with Gasteiger partial charge in [0.05, 0.1) is 0 Å². The van der Waals surface area contributed by atoms with E-state index in [0.717, 1.165) is 32.8 Å². The van der Waals surface area contributed by atoms with Gasteiger partial charge in [-0.15, -0.1) is 0 Å². The molecule has 0 aliphatic carbocycles. The molecule has 8 heteroatoms. The Morgan fingerprint density at radius 3 is 1.97 bits per heavy atom. The van der Waals surface area contributed by atoms with Gasteiger partial charge in [-0.05, 0) is 0 Å². The molecule has 31 heavy (non-hydrogen) atoms. The first-order valence-electron chi connectivity index (χ1n) is 9.53. The van der Waals surface area contributed by atoms with E-state index in [2.05, 4.69) is 20.5 Å². The third-order valence-corrected chi connectivity index (χ3v) is 7.36. The van der Waals surface area contributed by atoms with Crippen LogP contribution in [0.15, 0.2) is 66.2 Å². The van der Waals surface area contributed by atoms with Crippen molar-refractivity contribution < 1.29 is 14.3 Å². The molecule has 2 aliphatic rings. The van der Waals surface area contributed by atoms with Gasteiger partial charge < -0.3 is 0 Å². The van der Waals surface area contributed by atoms with Crippen LogP contribution in [0.2, 0.25) is 0 Å². The number of rotatable bonds is 2. The molecule has 1 fully saturated rings. The molecule has 0 spiro atoms. The maximum absolute atomic E-state index is 12.7. The minimum absolute atomic E-state index is 0.139. The number of likely N-dealkylation sites (N-methyl/N-ethyl adjacent to an activating group) is 2. The molecule has 2 aromatic carbocycles. The normalized spacial score (nSPS) is 15.6. The van der Waals surface area contributed by atoms with E-state index in [4.69, 9.17) is 4.74 Å². The quantitative estimate of drug-likeness (QED) is 0.241. The van der Waals surface area contributed by atoms with Crippen molar-refractivity contribution in [2.24, 2.45) is 0 Å². The molecule has 0 N–H and O–H groups in total. The summed E-state index contributed by atoms with van der Waals surface area (Å²) >= 11 is 4.28. The second-order valence-corrected chi connectivity index (χ2v) is 8.98. The summed E-state index contributed by atoms with van der Waals surface area (Å²) in [5, 5.41) is 0.962. The summed E-state index contributed by atoms with van der Waals surface area (Å²) in [7, 11) is 3.29. The van der Waals surface area contributed by atoms with Crippen LogP contribution < -0.4 is 9.64 Å². The number of carbonyl (C=O) groups is 2. The van der Waals surface area contributed by atoms with E-state index in [9.17, 15) is 9.59 Å². The number of thiophene rings is 1. The van der Waals surface area contributed by atoms with Gasteiger partial charge in [-0.1, -0.05) is 12.1 Å². The van der Waals surface area contributed by atoms with Crippen molar-refractivity contribution in [3.8, 4) is 11.5 Å². The summed E-state index contributed by atoms with van der Waals surface area (Å²) in [6, 6.07) is 19.6. The average molecular weight is 494 g/mol. The molecule has 154 valence electrons. The number of carbonyl (C=O) groups excluding carboxylic acids is 2. The van der Waals surface area contributed by atoms with Crippen LogP contribution in [0.1, 0.15) is 4.88 Å². The van der Waals surface area contributed by atoms with E-state index in [1.807, 2.05) is 60.7 Å². The molecule has 6 nitrogen and oxygen atoms in total. The molecule has 3 aromatic rings. The predicted octanol–water partition coefficient (Wildman–Crippen LogP) is 3.89. The Morgan fingerprint density at radius 2 is 1.39 bits per heavy atom. The second-order valence-electron chi connectivity index (χ2n) is 7.12.